The van der Waals surface area contributed by atoms with Gasteiger partial charge in [0.05, 0.1) is 5.57 Å². The van der Waals surface area contributed by atoms with E-state index in [2.05, 4.69) is 11.6 Å². The molecule has 0 aliphatic rings. The molecule has 0 saturated carbocycles. The monoisotopic (exact) mass is 179 g/mol. The lowest BCUT2D eigenvalue weighted by atomic mass is 10.2. The molecular formula is C7H14ClNO2. The summed E-state index contributed by atoms with van der Waals surface area (Å²) in [5.74, 6) is -0.936. The van der Waals surface area contributed by atoms with Gasteiger partial charge in [-0.25, -0.2) is 4.79 Å². The first-order chi connectivity index (χ1) is 5.09. The van der Waals surface area contributed by atoms with Crippen LogP contribution in [0.5, 0.6) is 0 Å². The molecule has 3 nitrogen and oxygen atoms in total. The highest BCUT2D eigenvalue weighted by Crippen LogP contribution is 2.00. The Labute approximate surface area is 71.8 Å². The molecule has 0 fully saturated rings. The van der Waals surface area contributed by atoms with Crippen molar-refractivity contribution in [2.24, 2.45) is 5.73 Å². The van der Waals surface area contributed by atoms with Crippen LogP contribution < -0.4 is 5.73 Å². The highest BCUT2D eigenvalue weighted by atomic mass is 35.5. The molecule has 0 heterocycles. The third-order valence-corrected chi connectivity index (χ3v) is 1.18. The van der Waals surface area contributed by atoms with Crippen LogP contribution in [0.4, 0.5) is 0 Å². The molecule has 4 heteroatoms. The van der Waals surface area contributed by atoms with Gasteiger partial charge in [0.25, 0.3) is 0 Å². The zero-order valence-electron chi connectivity index (χ0n) is 7.02. The molecule has 0 aliphatic heterocycles. The Hall–Kier alpha value is -0.700. The molecule has 0 aromatic heterocycles. The van der Waals surface area contributed by atoms with E-state index in [1.54, 1.807) is 0 Å². The third kappa shape index (κ3) is 5.73. The van der Waals surface area contributed by atoms with Crippen LogP contribution in [0.3, 0.4) is 0 Å². The maximum Gasteiger partial charge on any atom is 0.333 e. The minimum atomic E-state index is -0.936. The quantitative estimate of drug-likeness (QED) is 0.500. The molecule has 0 unspecified atom stereocenters. The van der Waals surface area contributed by atoms with Gasteiger partial charge in [-0.3, -0.25) is 0 Å². The number of carboxylic acids is 1. The van der Waals surface area contributed by atoms with Gasteiger partial charge in [0, 0.05) is 12.1 Å². The molecule has 0 aromatic rings. The Balaban J connectivity index is 0. The molecule has 0 aliphatic carbocycles. The maximum absolute atomic E-state index is 10.2. The first kappa shape index (κ1) is 12.9. The number of nitrogens with two attached hydrogens (primary N) is 1. The largest absolute Gasteiger partial charge is 0.478 e. The molecule has 66 valence electrons. The average molecular weight is 180 g/mol. The molecule has 0 aromatic carbocycles. The van der Waals surface area contributed by atoms with E-state index < -0.39 is 5.97 Å². The standard InChI is InChI=1S/C6H11NO2.CH3Cl/c1-3-5(7)4(2)6(8)9;1-2/h3,7H2,1-2H3,(H,8,9);1H3/b5-4+;. The second-order valence-corrected chi connectivity index (χ2v) is 1.81. The first-order valence-corrected chi connectivity index (χ1v) is 3.91. The molecule has 0 atom stereocenters. The topological polar surface area (TPSA) is 63.3 Å². The Morgan fingerprint density at radius 3 is 2.00 bits per heavy atom. The van der Waals surface area contributed by atoms with Crippen LogP contribution in [0.2, 0.25) is 0 Å². The van der Waals surface area contributed by atoms with Crippen molar-refractivity contribution in [2.75, 3.05) is 6.38 Å². The Bertz CT molecular complexity index is 155. The zero-order chi connectivity index (χ0) is 9.44. The summed E-state index contributed by atoms with van der Waals surface area (Å²) in [7, 11) is 0. The summed E-state index contributed by atoms with van der Waals surface area (Å²) in [6.07, 6.45) is 2.07. The van der Waals surface area contributed by atoms with Crippen LogP contribution in [-0.4, -0.2) is 17.5 Å². The molecular weight excluding hydrogens is 166 g/mol. The lowest BCUT2D eigenvalue weighted by Gasteiger charge is -1.97. The SMILES string of the molecule is CC/C(N)=C(/C)C(=O)O.CCl. The zero-order valence-corrected chi connectivity index (χ0v) is 7.77. The highest BCUT2D eigenvalue weighted by Gasteiger charge is 2.02. The van der Waals surface area contributed by atoms with E-state index in [1.165, 1.54) is 13.3 Å². The summed E-state index contributed by atoms with van der Waals surface area (Å²) in [6.45, 7) is 3.32. The highest BCUT2D eigenvalue weighted by molar-refractivity contribution is 6.15. The number of halogens is 1. The van der Waals surface area contributed by atoms with Gasteiger partial charge in [0.1, 0.15) is 0 Å². The van der Waals surface area contributed by atoms with Gasteiger partial charge in [-0.2, -0.15) is 0 Å². The van der Waals surface area contributed by atoms with E-state index in [1.807, 2.05) is 6.92 Å². The van der Waals surface area contributed by atoms with E-state index in [-0.39, 0.29) is 5.57 Å². The van der Waals surface area contributed by atoms with Crippen molar-refractivity contribution in [3.63, 3.8) is 0 Å². The second-order valence-electron chi connectivity index (χ2n) is 1.81. The minimum absolute atomic E-state index is 0.248. The maximum atomic E-state index is 10.2. The van der Waals surface area contributed by atoms with Crippen molar-refractivity contribution < 1.29 is 9.90 Å². The van der Waals surface area contributed by atoms with E-state index in [4.69, 9.17) is 10.8 Å². The van der Waals surface area contributed by atoms with E-state index >= 15 is 0 Å². The number of hydrogen-bond donors (Lipinski definition) is 2. The van der Waals surface area contributed by atoms with E-state index in [0.29, 0.717) is 12.1 Å². The summed E-state index contributed by atoms with van der Waals surface area (Å²) in [6, 6.07) is 0. The molecule has 3 N–H and O–H groups in total. The normalized spacial score (nSPS) is 10.9. The van der Waals surface area contributed by atoms with Gasteiger partial charge < -0.3 is 10.8 Å². The van der Waals surface area contributed by atoms with Crippen molar-refractivity contribution in [1.29, 1.82) is 0 Å². The Kier molecular flexibility index (Phi) is 8.71. The molecule has 0 rings (SSSR count). The van der Waals surface area contributed by atoms with Gasteiger partial charge in [0.15, 0.2) is 0 Å². The van der Waals surface area contributed by atoms with Crippen LogP contribution in [0.15, 0.2) is 11.3 Å². The van der Waals surface area contributed by atoms with Crippen LogP contribution in [0.1, 0.15) is 20.3 Å². The fourth-order valence-electron chi connectivity index (χ4n) is 0.403. The lowest BCUT2D eigenvalue weighted by molar-refractivity contribution is -0.132. The molecule has 11 heavy (non-hydrogen) atoms. The molecule has 0 amide bonds. The number of hydrogen-bond acceptors (Lipinski definition) is 2. The molecule has 0 bridgehead atoms. The number of allylic oxidation sites excluding steroid dienone is 1. The lowest BCUT2D eigenvalue weighted by Crippen LogP contribution is -2.06. The summed E-state index contributed by atoms with van der Waals surface area (Å²) < 4.78 is 0. The van der Waals surface area contributed by atoms with E-state index in [0.717, 1.165) is 0 Å². The van der Waals surface area contributed by atoms with Crippen molar-refractivity contribution in [2.45, 2.75) is 20.3 Å². The number of rotatable bonds is 2. The van der Waals surface area contributed by atoms with Crippen LogP contribution in [-0.2, 0) is 4.79 Å². The van der Waals surface area contributed by atoms with Crippen molar-refractivity contribution in [3.05, 3.63) is 11.3 Å². The molecule has 0 radical (unpaired) electrons. The van der Waals surface area contributed by atoms with Gasteiger partial charge in [0.2, 0.25) is 0 Å². The van der Waals surface area contributed by atoms with Crippen molar-refractivity contribution in [1.82, 2.24) is 0 Å². The smallest absolute Gasteiger partial charge is 0.333 e. The van der Waals surface area contributed by atoms with E-state index in [9.17, 15) is 4.79 Å². The van der Waals surface area contributed by atoms with Crippen molar-refractivity contribution in [3.8, 4) is 0 Å². The molecule has 0 saturated heterocycles. The van der Waals surface area contributed by atoms with Crippen LogP contribution in [0.25, 0.3) is 0 Å². The summed E-state index contributed by atoms with van der Waals surface area (Å²) >= 11 is 4.64. The third-order valence-electron chi connectivity index (χ3n) is 1.18. The second kappa shape index (κ2) is 7.41. The Morgan fingerprint density at radius 2 is 1.91 bits per heavy atom. The molecule has 0 spiro atoms. The van der Waals surface area contributed by atoms with Gasteiger partial charge >= 0.3 is 5.97 Å². The Morgan fingerprint density at radius 1 is 1.55 bits per heavy atom. The number of alkyl halides is 1. The summed E-state index contributed by atoms with van der Waals surface area (Å²) in [5, 5.41) is 8.35. The fraction of sp³-hybridized carbons (Fsp3) is 0.571. The fourth-order valence-corrected chi connectivity index (χ4v) is 0.403. The van der Waals surface area contributed by atoms with Crippen LogP contribution in [0, 0.1) is 0 Å². The predicted octanol–water partition coefficient (Wildman–Crippen LogP) is 1.57. The number of carboxylic acid groups (broad SMARTS) is 1. The van der Waals surface area contributed by atoms with Crippen LogP contribution >= 0.6 is 11.6 Å². The van der Waals surface area contributed by atoms with Gasteiger partial charge in [-0.05, 0) is 13.3 Å². The number of aliphatic carboxylic acids is 1. The van der Waals surface area contributed by atoms with Crippen molar-refractivity contribution >= 4 is 17.6 Å². The van der Waals surface area contributed by atoms with Gasteiger partial charge in [-0.1, -0.05) is 6.92 Å². The minimum Gasteiger partial charge on any atom is -0.478 e. The summed E-state index contributed by atoms with van der Waals surface area (Å²) in [5.41, 5.74) is 6.01. The van der Waals surface area contributed by atoms with Gasteiger partial charge in [-0.15, -0.1) is 11.6 Å². The number of carbonyl (C=O) groups is 1. The first-order valence-electron chi connectivity index (χ1n) is 3.16. The predicted molar refractivity (Wildman–Crippen MR) is 46.6 cm³/mol. The average Bonchev–Trinajstić information content (AvgIpc) is 2.05. The summed E-state index contributed by atoms with van der Waals surface area (Å²) in [4.78, 5) is 10.2.